The SMILES string of the molecule is COc1ccc(S(=O)(=O)Cc2c(/C=C\c3cc(OC)c(OC)c(OC)c3)ccc(OC)c2OC)cc1. The van der Waals surface area contributed by atoms with E-state index in [0.29, 0.717) is 45.6 Å². The van der Waals surface area contributed by atoms with Crippen molar-refractivity contribution in [3.05, 3.63) is 65.2 Å². The van der Waals surface area contributed by atoms with Crippen molar-refractivity contribution in [2.24, 2.45) is 0 Å². The van der Waals surface area contributed by atoms with Gasteiger partial charge in [0.25, 0.3) is 0 Å². The van der Waals surface area contributed by atoms with Gasteiger partial charge in [0.15, 0.2) is 32.8 Å². The molecule has 0 heterocycles. The minimum Gasteiger partial charge on any atom is -0.497 e. The molecule has 36 heavy (non-hydrogen) atoms. The summed E-state index contributed by atoms with van der Waals surface area (Å²) >= 11 is 0. The molecule has 8 nitrogen and oxygen atoms in total. The number of methoxy groups -OCH3 is 6. The Kier molecular flexibility index (Phi) is 8.71. The molecule has 192 valence electrons. The lowest BCUT2D eigenvalue weighted by Crippen LogP contribution is -2.08. The van der Waals surface area contributed by atoms with Gasteiger partial charge in [0, 0.05) is 5.56 Å². The summed E-state index contributed by atoms with van der Waals surface area (Å²) in [6, 6.07) is 13.4. The minimum atomic E-state index is -3.71. The monoisotopic (exact) mass is 514 g/mol. The molecule has 0 spiro atoms. The zero-order valence-corrected chi connectivity index (χ0v) is 22.0. The molecule has 0 saturated heterocycles. The largest absolute Gasteiger partial charge is 0.497 e. The Morgan fingerprint density at radius 1 is 0.639 bits per heavy atom. The Bertz CT molecular complexity index is 1300. The first-order valence-electron chi connectivity index (χ1n) is 10.9. The van der Waals surface area contributed by atoms with Gasteiger partial charge < -0.3 is 28.4 Å². The van der Waals surface area contributed by atoms with Crippen LogP contribution in [0.2, 0.25) is 0 Å². The van der Waals surface area contributed by atoms with E-state index in [9.17, 15) is 8.42 Å². The average molecular weight is 515 g/mol. The molecule has 0 N–H and O–H groups in total. The van der Waals surface area contributed by atoms with Crippen LogP contribution < -0.4 is 28.4 Å². The van der Waals surface area contributed by atoms with Crippen LogP contribution in [0, 0.1) is 0 Å². The highest BCUT2D eigenvalue weighted by molar-refractivity contribution is 7.90. The second-order valence-electron chi connectivity index (χ2n) is 7.60. The molecule has 0 aliphatic carbocycles. The van der Waals surface area contributed by atoms with Crippen molar-refractivity contribution >= 4 is 22.0 Å². The van der Waals surface area contributed by atoms with E-state index in [-0.39, 0.29) is 10.6 Å². The molecule has 9 heteroatoms. The van der Waals surface area contributed by atoms with Crippen LogP contribution in [-0.2, 0) is 15.6 Å². The Morgan fingerprint density at radius 3 is 1.72 bits per heavy atom. The Hall–Kier alpha value is -3.85. The molecule has 0 aromatic heterocycles. The van der Waals surface area contributed by atoms with Crippen molar-refractivity contribution in [3.63, 3.8) is 0 Å². The number of hydrogen-bond acceptors (Lipinski definition) is 8. The number of benzene rings is 3. The molecule has 0 bridgehead atoms. The summed E-state index contributed by atoms with van der Waals surface area (Å²) < 4.78 is 59.0. The van der Waals surface area contributed by atoms with E-state index >= 15 is 0 Å². The van der Waals surface area contributed by atoms with Gasteiger partial charge in [0.05, 0.1) is 53.3 Å². The second kappa shape index (κ2) is 11.7. The van der Waals surface area contributed by atoms with E-state index in [2.05, 4.69) is 0 Å². The van der Waals surface area contributed by atoms with Gasteiger partial charge in [-0.1, -0.05) is 18.2 Å². The Balaban J connectivity index is 2.08. The van der Waals surface area contributed by atoms with Crippen molar-refractivity contribution in [1.82, 2.24) is 0 Å². The zero-order chi connectivity index (χ0) is 26.3. The molecule has 3 rings (SSSR count). The van der Waals surface area contributed by atoms with Crippen LogP contribution >= 0.6 is 0 Å². The summed E-state index contributed by atoms with van der Waals surface area (Å²) in [5.74, 6) is 2.55. The fourth-order valence-electron chi connectivity index (χ4n) is 3.75. The van der Waals surface area contributed by atoms with Crippen LogP contribution in [0.5, 0.6) is 34.5 Å². The van der Waals surface area contributed by atoms with Gasteiger partial charge in [0.1, 0.15) is 5.75 Å². The third-order valence-corrected chi connectivity index (χ3v) is 7.24. The third kappa shape index (κ3) is 5.68. The topological polar surface area (TPSA) is 89.5 Å². The quantitative estimate of drug-likeness (QED) is 0.335. The molecular weight excluding hydrogens is 484 g/mol. The number of rotatable bonds is 11. The lowest BCUT2D eigenvalue weighted by atomic mass is 10.0. The van der Waals surface area contributed by atoms with Crippen LogP contribution in [0.1, 0.15) is 16.7 Å². The number of sulfone groups is 1. The van der Waals surface area contributed by atoms with Crippen LogP contribution in [0.3, 0.4) is 0 Å². The van der Waals surface area contributed by atoms with Crippen molar-refractivity contribution in [1.29, 1.82) is 0 Å². The summed E-state index contributed by atoms with van der Waals surface area (Å²) in [6.07, 6.45) is 3.64. The van der Waals surface area contributed by atoms with Gasteiger partial charge in [0.2, 0.25) is 5.75 Å². The van der Waals surface area contributed by atoms with Gasteiger partial charge in [-0.15, -0.1) is 0 Å². The zero-order valence-electron chi connectivity index (χ0n) is 21.2. The first kappa shape index (κ1) is 26.7. The van der Waals surface area contributed by atoms with Crippen LogP contribution in [-0.4, -0.2) is 51.1 Å². The van der Waals surface area contributed by atoms with Crippen molar-refractivity contribution in [2.75, 3.05) is 42.7 Å². The maximum Gasteiger partial charge on any atom is 0.203 e. The number of ether oxygens (including phenoxy) is 6. The van der Waals surface area contributed by atoms with Gasteiger partial charge in [-0.3, -0.25) is 0 Å². The summed E-state index contributed by atoms with van der Waals surface area (Å²) in [5.41, 5.74) is 1.89. The summed E-state index contributed by atoms with van der Waals surface area (Å²) in [6.45, 7) is 0. The molecule has 0 amide bonds. The average Bonchev–Trinajstić information content (AvgIpc) is 2.91. The van der Waals surface area contributed by atoms with Crippen LogP contribution in [0.4, 0.5) is 0 Å². The predicted molar refractivity (Wildman–Crippen MR) is 138 cm³/mol. The molecule has 0 radical (unpaired) electrons. The highest BCUT2D eigenvalue weighted by Gasteiger charge is 2.23. The van der Waals surface area contributed by atoms with Crippen molar-refractivity contribution in [2.45, 2.75) is 10.6 Å². The van der Waals surface area contributed by atoms with Gasteiger partial charge >= 0.3 is 0 Å². The van der Waals surface area contributed by atoms with E-state index in [0.717, 1.165) is 5.56 Å². The molecule has 0 unspecified atom stereocenters. The van der Waals surface area contributed by atoms with Crippen molar-refractivity contribution in [3.8, 4) is 34.5 Å². The first-order chi connectivity index (χ1) is 17.3. The highest BCUT2D eigenvalue weighted by atomic mass is 32.2. The number of hydrogen-bond donors (Lipinski definition) is 0. The molecule has 0 fully saturated rings. The Morgan fingerprint density at radius 2 is 1.22 bits per heavy atom. The summed E-state index contributed by atoms with van der Waals surface area (Å²) in [4.78, 5) is 0.174. The normalized spacial score (nSPS) is 11.3. The Labute approximate surface area is 211 Å². The fourth-order valence-corrected chi connectivity index (χ4v) is 5.15. The molecule has 0 saturated carbocycles. The van der Waals surface area contributed by atoms with Gasteiger partial charge in [-0.2, -0.15) is 0 Å². The molecule has 0 aliphatic heterocycles. The van der Waals surface area contributed by atoms with E-state index in [1.165, 1.54) is 40.6 Å². The van der Waals surface area contributed by atoms with Gasteiger partial charge in [-0.05, 0) is 53.6 Å². The molecule has 3 aromatic carbocycles. The highest BCUT2D eigenvalue weighted by Crippen LogP contribution is 2.40. The second-order valence-corrected chi connectivity index (χ2v) is 9.59. The predicted octanol–water partition coefficient (Wildman–Crippen LogP) is 4.88. The molecular formula is C27H30O8S. The lowest BCUT2D eigenvalue weighted by Gasteiger charge is -2.16. The van der Waals surface area contributed by atoms with E-state index in [4.69, 9.17) is 28.4 Å². The van der Waals surface area contributed by atoms with E-state index in [1.54, 1.807) is 50.6 Å². The third-order valence-electron chi connectivity index (χ3n) is 5.58. The molecule has 3 aromatic rings. The van der Waals surface area contributed by atoms with Crippen molar-refractivity contribution < 1.29 is 36.8 Å². The van der Waals surface area contributed by atoms with E-state index < -0.39 is 9.84 Å². The standard InChI is InChI=1S/C27H30O8S/c1-30-20-10-12-21(13-11-20)36(28,29)17-22-19(9-14-23(31-2)26(22)34-5)8-7-18-15-24(32-3)27(35-6)25(16-18)33-4/h7-16H,17H2,1-6H3/b8-7-. The molecule has 0 atom stereocenters. The maximum absolute atomic E-state index is 13.3. The summed E-state index contributed by atoms with van der Waals surface area (Å²) in [7, 11) is 5.42. The maximum atomic E-state index is 13.3. The van der Waals surface area contributed by atoms with Crippen LogP contribution in [0.15, 0.2) is 53.4 Å². The van der Waals surface area contributed by atoms with E-state index in [1.807, 2.05) is 12.2 Å². The first-order valence-corrected chi connectivity index (χ1v) is 12.6. The smallest absolute Gasteiger partial charge is 0.203 e. The summed E-state index contributed by atoms with van der Waals surface area (Å²) in [5, 5.41) is 0. The molecule has 0 aliphatic rings. The lowest BCUT2D eigenvalue weighted by molar-refractivity contribution is 0.324. The minimum absolute atomic E-state index is 0.174. The van der Waals surface area contributed by atoms with Crippen LogP contribution in [0.25, 0.3) is 12.2 Å². The fraction of sp³-hybridized carbons (Fsp3) is 0.259. The van der Waals surface area contributed by atoms with Gasteiger partial charge in [-0.25, -0.2) is 8.42 Å².